The Morgan fingerprint density at radius 3 is 1.97 bits per heavy atom. The maximum absolute atomic E-state index is 13.2. The molecule has 1 heterocycles. The summed E-state index contributed by atoms with van der Waals surface area (Å²) in [7, 11) is 0. The Hall–Kier alpha value is -2.91. The Bertz CT molecular complexity index is 866. The summed E-state index contributed by atoms with van der Waals surface area (Å²) in [5.41, 5.74) is -2.16. The van der Waals surface area contributed by atoms with Gasteiger partial charge in [-0.05, 0) is 61.8 Å². The number of imidazole rings is 1. The summed E-state index contributed by atoms with van der Waals surface area (Å²) < 4.78 is 1.90. The molecule has 0 radical (unpaired) electrons. The average molecular weight is 493 g/mol. The summed E-state index contributed by atoms with van der Waals surface area (Å²) in [5.74, 6) is -3.40. The van der Waals surface area contributed by atoms with Gasteiger partial charge in [-0.15, -0.1) is 0 Å². The van der Waals surface area contributed by atoms with Crippen LogP contribution in [0.5, 0.6) is 0 Å². The number of nitrogens with zero attached hydrogens (tertiary/aromatic N) is 2. The van der Waals surface area contributed by atoms with Gasteiger partial charge in [-0.2, -0.15) is 0 Å². The SMILES string of the molecule is CC(CC(=O)NC(C)(C)C)C(=O)NC(C)(C)C(C(=O)NCCCn1ccnc1)C(=O)NC(C)(C)C. The molecule has 0 fully saturated rings. The number of carbonyl (C=O) groups is 4. The average Bonchev–Trinajstić information content (AvgIpc) is 3.14. The molecule has 1 aromatic rings. The molecule has 0 saturated heterocycles. The molecular formula is C25H44N6O4. The van der Waals surface area contributed by atoms with Crippen LogP contribution in [0, 0.1) is 11.8 Å². The highest BCUT2D eigenvalue weighted by Gasteiger charge is 2.43. The Labute approximate surface area is 209 Å². The van der Waals surface area contributed by atoms with Gasteiger partial charge in [0.25, 0.3) is 0 Å². The van der Waals surface area contributed by atoms with Crippen molar-refractivity contribution in [3.05, 3.63) is 18.7 Å². The lowest BCUT2D eigenvalue weighted by molar-refractivity contribution is -0.141. The first kappa shape index (κ1) is 30.1. The number of hydrogen-bond donors (Lipinski definition) is 4. The number of carbonyl (C=O) groups excluding carboxylic acids is 4. The topological polar surface area (TPSA) is 134 Å². The molecule has 0 bridgehead atoms. The van der Waals surface area contributed by atoms with Crippen LogP contribution < -0.4 is 21.3 Å². The standard InChI is InChI=1S/C25H44N6O4/c1-17(15-18(32)28-23(2,3)4)20(33)30-25(8,9)19(22(35)29-24(5,6)7)21(34)27-11-10-13-31-14-12-26-16-31/h12,14,16-17,19H,10-11,13,15H2,1-9H3,(H,27,34)(H,28,32)(H,29,35)(H,30,33). The predicted octanol–water partition coefficient (Wildman–Crippen LogP) is 1.76. The summed E-state index contributed by atoms with van der Waals surface area (Å²) in [5, 5.41) is 11.4. The van der Waals surface area contributed by atoms with Crippen LogP contribution in [0.2, 0.25) is 0 Å². The molecule has 10 nitrogen and oxygen atoms in total. The van der Waals surface area contributed by atoms with Crippen molar-refractivity contribution >= 4 is 23.6 Å². The molecule has 10 heteroatoms. The summed E-state index contributed by atoms with van der Waals surface area (Å²) in [6, 6.07) is 0. The largest absolute Gasteiger partial charge is 0.355 e. The zero-order valence-corrected chi connectivity index (χ0v) is 22.7. The van der Waals surface area contributed by atoms with E-state index in [1.54, 1.807) is 33.3 Å². The van der Waals surface area contributed by atoms with Crippen LogP contribution in [-0.4, -0.2) is 56.3 Å². The first-order valence-electron chi connectivity index (χ1n) is 12.1. The Morgan fingerprint density at radius 2 is 1.46 bits per heavy atom. The summed E-state index contributed by atoms with van der Waals surface area (Å²) in [6.45, 7) is 17.0. The van der Waals surface area contributed by atoms with Gasteiger partial charge >= 0.3 is 0 Å². The lowest BCUT2D eigenvalue weighted by atomic mass is 9.84. The van der Waals surface area contributed by atoms with Gasteiger partial charge in [0.05, 0.1) is 11.9 Å². The number of amides is 4. The van der Waals surface area contributed by atoms with Gasteiger partial charge < -0.3 is 25.8 Å². The van der Waals surface area contributed by atoms with Gasteiger partial charge in [-0.3, -0.25) is 19.2 Å². The van der Waals surface area contributed by atoms with Crippen molar-refractivity contribution in [3.8, 4) is 0 Å². The van der Waals surface area contributed by atoms with E-state index in [9.17, 15) is 19.2 Å². The molecule has 4 amide bonds. The normalized spacial score (nSPS) is 14.0. The molecule has 0 aromatic carbocycles. The van der Waals surface area contributed by atoms with Crippen molar-refractivity contribution in [1.29, 1.82) is 0 Å². The van der Waals surface area contributed by atoms with Crippen molar-refractivity contribution in [1.82, 2.24) is 30.8 Å². The smallest absolute Gasteiger partial charge is 0.235 e. The van der Waals surface area contributed by atoms with Gasteiger partial charge in [0, 0.05) is 48.9 Å². The maximum atomic E-state index is 13.2. The molecular weight excluding hydrogens is 448 g/mol. The van der Waals surface area contributed by atoms with Crippen LogP contribution in [0.25, 0.3) is 0 Å². The summed E-state index contributed by atoms with van der Waals surface area (Å²) >= 11 is 0. The summed E-state index contributed by atoms with van der Waals surface area (Å²) in [6.07, 6.45) is 5.87. The monoisotopic (exact) mass is 492 g/mol. The van der Waals surface area contributed by atoms with E-state index >= 15 is 0 Å². The van der Waals surface area contributed by atoms with Crippen LogP contribution in [0.1, 0.15) is 75.2 Å². The lowest BCUT2D eigenvalue weighted by Crippen LogP contribution is -2.61. The minimum absolute atomic E-state index is 0.00150. The van der Waals surface area contributed by atoms with Crippen LogP contribution in [0.4, 0.5) is 0 Å². The van der Waals surface area contributed by atoms with Crippen LogP contribution >= 0.6 is 0 Å². The molecule has 2 atom stereocenters. The summed E-state index contributed by atoms with van der Waals surface area (Å²) in [4.78, 5) is 55.5. The van der Waals surface area contributed by atoms with E-state index in [1.807, 2.05) is 52.3 Å². The second-order valence-corrected chi connectivity index (χ2v) is 11.7. The minimum atomic E-state index is -1.20. The number of nitrogens with one attached hydrogen (secondary N) is 4. The van der Waals surface area contributed by atoms with Crippen LogP contribution in [0.3, 0.4) is 0 Å². The van der Waals surface area contributed by atoms with E-state index in [2.05, 4.69) is 26.3 Å². The number of aromatic nitrogens is 2. The molecule has 0 aliphatic carbocycles. The second-order valence-electron chi connectivity index (χ2n) is 11.7. The highest BCUT2D eigenvalue weighted by Crippen LogP contribution is 2.21. The van der Waals surface area contributed by atoms with E-state index in [1.165, 1.54) is 0 Å². The van der Waals surface area contributed by atoms with Gasteiger partial charge in [-0.25, -0.2) is 4.98 Å². The fraction of sp³-hybridized carbons (Fsp3) is 0.720. The number of aryl methyl sites for hydroxylation is 1. The van der Waals surface area contributed by atoms with E-state index in [4.69, 9.17) is 0 Å². The van der Waals surface area contributed by atoms with Crippen molar-refractivity contribution in [2.45, 2.75) is 98.3 Å². The van der Waals surface area contributed by atoms with Gasteiger partial charge in [-0.1, -0.05) is 6.92 Å². The first-order chi connectivity index (χ1) is 15.9. The van der Waals surface area contributed by atoms with Crippen LogP contribution in [0.15, 0.2) is 18.7 Å². The highest BCUT2D eigenvalue weighted by molar-refractivity contribution is 6.02. The van der Waals surface area contributed by atoms with Crippen LogP contribution in [-0.2, 0) is 25.7 Å². The molecule has 4 N–H and O–H groups in total. The molecule has 0 spiro atoms. The zero-order valence-electron chi connectivity index (χ0n) is 22.7. The van der Waals surface area contributed by atoms with Crippen molar-refractivity contribution in [2.24, 2.45) is 11.8 Å². The first-order valence-corrected chi connectivity index (χ1v) is 12.1. The third kappa shape index (κ3) is 11.4. The number of rotatable bonds is 11. The molecule has 35 heavy (non-hydrogen) atoms. The Morgan fingerprint density at radius 1 is 0.857 bits per heavy atom. The van der Waals surface area contributed by atoms with Gasteiger partial charge in [0.2, 0.25) is 23.6 Å². The van der Waals surface area contributed by atoms with E-state index < -0.39 is 46.2 Å². The fourth-order valence-electron chi connectivity index (χ4n) is 3.56. The number of hydrogen-bond acceptors (Lipinski definition) is 5. The van der Waals surface area contributed by atoms with E-state index in [-0.39, 0.29) is 12.3 Å². The molecule has 1 aromatic heterocycles. The maximum Gasteiger partial charge on any atom is 0.235 e. The predicted molar refractivity (Wildman–Crippen MR) is 135 cm³/mol. The van der Waals surface area contributed by atoms with Crippen molar-refractivity contribution < 1.29 is 19.2 Å². The Balaban J connectivity index is 2.89. The van der Waals surface area contributed by atoms with Gasteiger partial charge in [0.1, 0.15) is 5.92 Å². The van der Waals surface area contributed by atoms with Crippen molar-refractivity contribution in [3.63, 3.8) is 0 Å². The molecule has 198 valence electrons. The quantitative estimate of drug-likeness (QED) is 0.276. The molecule has 0 saturated carbocycles. The fourth-order valence-corrected chi connectivity index (χ4v) is 3.56. The van der Waals surface area contributed by atoms with E-state index in [0.717, 1.165) is 0 Å². The Kier molecular flexibility index (Phi) is 10.5. The minimum Gasteiger partial charge on any atom is -0.355 e. The zero-order chi connectivity index (χ0) is 27.0. The molecule has 1 rings (SSSR count). The highest BCUT2D eigenvalue weighted by atomic mass is 16.2. The lowest BCUT2D eigenvalue weighted by Gasteiger charge is -2.36. The molecule has 2 unspecified atom stereocenters. The molecule has 0 aliphatic rings. The molecule has 0 aliphatic heterocycles. The van der Waals surface area contributed by atoms with Gasteiger partial charge in [0.15, 0.2) is 0 Å². The third-order valence-corrected chi connectivity index (χ3v) is 5.09. The third-order valence-electron chi connectivity index (χ3n) is 5.09. The van der Waals surface area contributed by atoms with E-state index in [0.29, 0.717) is 19.5 Å². The van der Waals surface area contributed by atoms with Crippen molar-refractivity contribution in [2.75, 3.05) is 6.54 Å². The second kappa shape index (κ2) is 12.2.